The molecule has 9 heteroatoms. The Labute approximate surface area is 164 Å². The van der Waals surface area contributed by atoms with E-state index in [-0.39, 0.29) is 11.6 Å². The number of hydrogen-bond donors (Lipinski definition) is 1. The third-order valence-electron chi connectivity index (χ3n) is 3.76. The van der Waals surface area contributed by atoms with Crippen LogP contribution >= 0.6 is 11.3 Å². The SMILES string of the molecule is CC(=O)N(c1nc(/C=N\NC(=O)c2cc(C)oc2C)cs1)c1ccccc1F. The molecule has 3 aromatic rings. The molecule has 144 valence electrons. The number of hydrazone groups is 1. The summed E-state index contributed by atoms with van der Waals surface area (Å²) >= 11 is 1.16. The van der Waals surface area contributed by atoms with E-state index in [1.165, 1.54) is 30.2 Å². The number of thiazole rings is 1. The van der Waals surface area contributed by atoms with Crippen molar-refractivity contribution in [2.45, 2.75) is 20.8 Å². The molecule has 0 atom stereocenters. The summed E-state index contributed by atoms with van der Waals surface area (Å²) in [7, 11) is 0. The van der Waals surface area contributed by atoms with Crippen LogP contribution < -0.4 is 10.3 Å². The fourth-order valence-corrected chi connectivity index (χ4v) is 3.38. The number of anilines is 2. The predicted octanol–water partition coefficient (Wildman–Crippen LogP) is 3.94. The molecule has 0 saturated heterocycles. The lowest BCUT2D eigenvalue weighted by Gasteiger charge is -2.18. The molecule has 0 aliphatic rings. The van der Waals surface area contributed by atoms with Crippen LogP contribution in [0.5, 0.6) is 0 Å². The minimum atomic E-state index is -0.527. The highest BCUT2D eigenvalue weighted by Crippen LogP contribution is 2.30. The van der Waals surface area contributed by atoms with E-state index in [4.69, 9.17) is 4.42 Å². The van der Waals surface area contributed by atoms with Crippen molar-refractivity contribution in [3.8, 4) is 0 Å². The molecular formula is C19H17FN4O3S. The van der Waals surface area contributed by atoms with Gasteiger partial charge in [0.1, 0.15) is 17.3 Å². The Morgan fingerprint density at radius 2 is 2.07 bits per heavy atom. The molecule has 1 aromatic carbocycles. The summed E-state index contributed by atoms with van der Waals surface area (Å²) in [6.07, 6.45) is 1.35. The number of furan rings is 1. The van der Waals surface area contributed by atoms with Crippen LogP contribution in [0, 0.1) is 19.7 Å². The molecule has 2 heterocycles. The molecule has 0 aliphatic heterocycles. The van der Waals surface area contributed by atoms with E-state index in [1.807, 2.05) is 0 Å². The van der Waals surface area contributed by atoms with Crippen LogP contribution in [0.4, 0.5) is 15.2 Å². The van der Waals surface area contributed by atoms with Gasteiger partial charge in [0.25, 0.3) is 5.91 Å². The summed E-state index contributed by atoms with van der Waals surface area (Å²) in [5.74, 6) is -0.169. The molecule has 0 spiro atoms. The first-order valence-corrected chi connectivity index (χ1v) is 9.16. The van der Waals surface area contributed by atoms with Gasteiger partial charge in [-0.25, -0.2) is 14.8 Å². The van der Waals surface area contributed by atoms with Gasteiger partial charge >= 0.3 is 0 Å². The predicted molar refractivity (Wildman–Crippen MR) is 105 cm³/mol. The zero-order valence-electron chi connectivity index (χ0n) is 15.4. The van der Waals surface area contributed by atoms with Crippen molar-refractivity contribution in [3.05, 3.63) is 64.3 Å². The first-order valence-electron chi connectivity index (χ1n) is 8.28. The fourth-order valence-electron chi connectivity index (χ4n) is 2.55. The highest BCUT2D eigenvalue weighted by atomic mass is 32.1. The van der Waals surface area contributed by atoms with E-state index in [9.17, 15) is 14.0 Å². The monoisotopic (exact) mass is 400 g/mol. The Hall–Kier alpha value is -3.33. The van der Waals surface area contributed by atoms with E-state index in [0.29, 0.717) is 27.9 Å². The van der Waals surface area contributed by atoms with Gasteiger partial charge in [-0.3, -0.25) is 14.5 Å². The summed E-state index contributed by atoms with van der Waals surface area (Å²) in [6.45, 7) is 4.77. The minimum Gasteiger partial charge on any atom is -0.466 e. The fraction of sp³-hybridized carbons (Fsp3) is 0.158. The molecule has 3 rings (SSSR count). The van der Waals surface area contributed by atoms with Gasteiger partial charge in [-0.1, -0.05) is 12.1 Å². The number of benzene rings is 1. The van der Waals surface area contributed by atoms with Crippen LogP contribution in [0.3, 0.4) is 0 Å². The zero-order valence-corrected chi connectivity index (χ0v) is 16.2. The molecule has 2 aromatic heterocycles. The molecule has 28 heavy (non-hydrogen) atoms. The average molecular weight is 400 g/mol. The lowest BCUT2D eigenvalue weighted by molar-refractivity contribution is -0.115. The topological polar surface area (TPSA) is 87.8 Å². The van der Waals surface area contributed by atoms with Crippen molar-refractivity contribution in [2.75, 3.05) is 4.90 Å². The average Bonchev–Trinajstić information content (AvgIpc) is 3.22. The molecule has 0 aliphatic carbocycles. The van der Waals surface area contributed by atoms with Gasteiger partial charge in [0.2, 0.25) is 5.91 Å². The lowest BCUT2D eigenvalue weighted by atomic mass is 10.2. The second-order valence-electron chi connectivity index (χ2n) is 5.89. The van der Waals surface area contributed by atoms with Gasteiger partial charge in [-0.2, -0.15) is 5.10 Å². The van der Waals surface area contributed by atoms with Crippen LogP contribution in [0.1, 0.15) is 34.5 Å². The van der Waals surface area contributed by atoms with Gasteiger partial charge < -0.3 is 4.42 Å². The van der Waals surface area contributed by atoms with Gasteiger partial charge in [0, 0.05) is 12.3 Å². The normalized spacial score (nSPS) is 11.0. The maximum absolute atomic E-state index is 14.1. The summed E-state index contributed by atoms with van der Waals surface area (Å²) in [5, 5.41) is 5.82. The number of rotatable bonds is 5. The van der Waals surface area contributed by atoms with Crippen LogP contribution in [0.2, 0.25) is 0 Å². The van der Waals surface area contributed by atoms with E-state index >= 15 is 0 Å². The third-order valence-corrected chi connectivity index (χ3v) is 4.60. The summed E-state index contributed by atoms with van der Waals surface area (Å²) in [4.78, 5) is 29.6. The number of carbonyl (C=O) groups excluding carboxylic acids is 2. The highest BCUT2D eigenvalue weighted by molar-refractivity contribution is 7.14. The summed E-state index contributed by atoms with van der Waals surface area (Å²) in [6, 6.07) is 7.58. The van der Waals surface area contributed by atoms with Gasteiger partial charge in [0.15, 0.2) is 5.13 Å². The van der Waals surface area contributed by atoms with Crippen molar-refractivity contribution in [1.82, 2.24) is 10.4 Å². The molecule has 1 N–H and O–H groups in total. The highest BCUT2D eigenvalue weighted by Gasteiger charge is 2.20. The van der Waals surface area contributed by atoms with E-state index in [2.05, 4.69) is 15.5 Å². The quantitative estimate of drug-likeness (QED) is 0.519. The van der Waals surface area contributed by atoms with Gasteiger partial charge in [-0.15, -0.1) is 11.3 Å². The maximum atomic E-state index is 14.1. The number of nitrogens with zero attached hydrogens (tertiary/aromatic N) is 3. The number of halogens is 1. The van der Waals surface area contributed by atoms with Crippen LogP contribution in [-0.4, -0.2) is 23.0 Å². The number of hydrogen-bond acceptors (Lipinski definition) is 6. The molecule has 0 saturated carbocycles. The number of aromatic nitrogens is 1. The third kappa shape index (κ3) is 4.15. The number of aryl methyl sites for hydroxylation is 2. The van der Waals surface area contributed by atoms with Crippen molar-refractivity contribution >= 4 is 40.2 Å². The Balaban J connectivity index is 1.75. The second kappa shape index (κ2) is 8.13. The first kappa shape index (κ1) is 19.4. The minimum absolute atomic E-state index is 0.118. The Kier molecular flexibility index (Phi) is 5.65. The van der Waals surface area contributed by atoms with Crippen molar-refractivity contribution in [3.63, 3.8) is 0 Å². The first-order chi connectivity index (χ1) is 13.4. The maximum Gasteiger partial charge on any atom is 0.274 e. The standard InChI is InChI=1S/C19H17FN4O3S/c1-11-8-15(12(2)27-11)18(26)23-21-9-14-10-28-19(22-14)24(13(3)25)17-7-5-4-6-16(17)20/h4-10H,1-3H3,(H,23,26)/b21-9-. The molecular weight excluding hydrogens is 383 g/mol. The van der Waals surface area contributed by atoms with E-state index < -0.39 is 11.7 Å². The summed E-state index contributed by atoms with van der Waals surface area (Å²) < 4.78 is 19.4. The van der Waals surface area contributed by atoms with Crippen molar-refractivity contribution in [2.24, 2.45) is 5.10 Å². The van der Waals surface area contributed by atoms with Crippen LogP contribution in [0.15, 0.2) is 45.2 Å². The smallest absolute Gasteiger partial charge is 0.274 e. The van der Waals surface area contributed by atoms with E-state index in [0.717, 1.165) is 11.3 Å². The molecule has 0 unspecified atom stereocenters. The Morgan fingerprint density at radius 1 is 1.32 bits per heavy atom. The molecule has 7 nitrogen and oxygen atoms in total. The molecule has 0 fully saturated rings. The second-order valence-corrected chi connectivity index (χ2v) is 6.72. The Morgan fingerprint density at radius 3 is 2.71 bits per heavy atom. The van der Waals surface area contributed by atoms with Crippen molar-refractivity contribution in [1.29, 1.82) is 0 Å². The van der Waals surface area contributed by atoms with E-state index in [1.54, 1.807) is 37.4 Å². The zero-order chi connectivity index (χ0) is 20.3. The number of nitrogens with one attached hydrogen (secondary N) is 1. The molecule has 0 radical (unpaired) electrons. The number of para-hydroxylation sites is 1. The van der Waals surface area contributed by atoms with Gasteiger partial charge in [-0.05, 0) is 32.0 Å². The number of amides is 2. The number of carbonyl (C=O) groups is 2. The lowest BCUT2D eigenvalue weighted by Crippen LogP contribution is -2.23. The Bertz CT molecular complexity index is 1060. The molecule has 0 bridgehead atoms. The van der Waals surface area contributed by atoms with Gasteiger partial charge in [0.05, 0.1) is 23.2 Å². The molecule has 2 amide bonds. The van der Waals surface area contributed by atoms with Crippen LogP contribution in [0.25, 0.3) is 0 Å². The summed E-state index contributed by atoms with van der Waals surface area (Å²) in [5.41, 5.74) is 3.33. The largest absolute Gasteiger partial charge is 0.466 e. The van der Waals surface area contributed by atoms with Crippen molar-refractivity contribution < 1.29 is 18.4 Å². The van der Waals surface area contributed by atoms with Crippen LogP contribution in [-0.2, 0) is 4.79 Å².